The van der Waals surface area contributed by atoms with E-state index in [1.54, 1.807) is 32.2 Å². The molecule has 3 aromatic rings. The van der Waals surface area contributed by atoms with Crippen LogP contribution in [0.15, 0.2) is 66.7 Å². The standard InChI is InChI=1S/C29H33FN2O3/c1-20-4-8-23(9-5-20)28-19-31(16-24-10-13-27(35-3)14-29(24)34)17-25(28)18-32(21(2)33)15-22-6-11-26(30)12-7-22/h4-14,25,28,34H,15-19H2,1-3H3/t25-,28-/m1/s1. The van der Waals surface area contributed by atoms with Crippen molar-refractivity contribution >= 4 is 5.91 Å². The van der Waals surface area contributed by atoms with E-state index < -0.39 is 0 Å². The SMILES string of the molecule is COc1ccc(CN2C[C@H](CN(Cc3ccc(F)cc3)C(C)=O)[C@@H](c3ccc(C)cc3)C2)c(O)c1. The van der Waals surface area contributed by atoms with Crippen LogP contribution < -0.4 is 4.74 Å². The zero-order chi connectivity index (χ0) is 24.9. The minimum absolute atomic E-state index is 0.00299. The lowest BCUT2D eigenvalue weighted by Gasteiger charge is -2.28. The third kappa shape index (κ3) is 6.20. The number of halogens is 1. The molecule has 0 bridgehead atoms. The summed E-state index contributed by atoms with van der Waals surface area (Å²) in [5, 5.41) is 10.5. The quantitative estimate of drug-likeness (QED) is 0.491. The lowest BCUT2D eigenvalue weighted by Crippen LogP contribution is -2.35. The van der Waals surface area contributed by atoms with Crippen molar-refractivity contribution in [2.45, 2.75) is 32.9 Å². The molecule has 0 spiro atoms. The Morgan fingerprint density at radius 1 is 1.09 bits per heavy atom. The summed E-state index contributed by atoms with van der Waals surface area (Å²) in [6, 6.07) is 20.4. The summed E-state index contributed by atoms with van der Waals surface area (Å²) in [5.74, 6) is 1.05. The number of hydrogen-bond donors (Lipinski definition) is 1. The maximum Gasteiger partial charge on any atom is 0.219 e. The van der Waals surface area contributed by atoms with Gasteiger partial charge in [-0.25, -0.2) is 4.39 Å². The predicted octanol–water partition coefficient (Wildman–Crippen LogP) is 5.11. The minimum atomic E-state index is -0.282. The second kappa shape index (κ2) is 10.9. The van der Waals surface area contributed by atoms with Gasteiger partial charge in [0.25, 0.3) is 0 Å². The monoisotopic (exact) mass is 476 g/mol. The van der Waals surface area contributed by atoms with Crippen molar-refractivity contribution in [2.24, 2.45) is 5.92 Å². The van der Waals surface area contributed by atoms with Gasteiger partial charge in [0.05, 0.1) is 7.11 Å². The first kappa shape index (κ1) is 24.7. The molecule has 1 aliphatic rings. The summed E-state index contributed by atoms with van der Waals surface area (Å²) >= 11 is 0. The van der Waals surface area contributed by atoms with Crippen LogP contribution in [-0.4, -0.2) is 47.6 Å². The lowest BCUT2D eigenvalue weighted by atomic mass is 9.88. The molecule has 1 amide bonds. The van der Waals surface area contributed by atoms with Crippen LogP contribution >= 0.6 is 0 Å². The van der Waals surface area contributed by atoms with E-state index >= 15 is 0 Å². The van der Waals surface area contributed by atoms with E-state index in [2.05, 4.69) is 36.1 Å². The number of benzene rings is 3. The van der Waals surface area contributed by atoms with Crippen molar-refractivity contribution in [1.82, 2.24) is 9.80 Å². The summed E-state index contributed by atoms with van der Waals surface area (Å²) < 4.78 is 18.6. The molecule has 184 valence electrons. The first-order valence-electron chi connectivity index (χ1n) is 12.0. The molecule has 0 unspecified atom stereocenters. The van der Waals surface area contributed by atoms with Gasteiger partial charge in [-0.2, -0.15) is 0 Å². The van der Waals surface area contributed by atoms with Crippen molar-refractivity contribution in [2.75, 3.05) is 26.7 Å². The molecule has 1 N–H and O–H groups in total. The fourth-order valence-electron chi connectivity index (χ4n) is 4.91. The molecule has 6 heteroatoms. The number of aromatic hydroxyl groups is 1. The van der Waals surface area contributed by atoms with Gasteiger partial charge in [-0.1, -0.05) is 48.0 Å². The third-order valence-corrected chi connectivity index (χ3v) is 6.90. The highest BCUT2D eigenvalue weighted by atomic mass is 19.1. The van der Waals surface area contributed by atoms with Crippen molar-refractivity contribution < 1.29 is 19.0 Å². The van der Waals surface area contributed by atoms with Crippen LogP contribution in [0.3, 0.4) is 0 Å². The van der Waals surface area contributed by atoms with Crippen molar-refractivity contribution in [3.05, 3.63) is 94.8 Å². The fourth-order valence-corrected chi connectivity index (χ4v) is 4.91. The topological polar surface area (TPSA) is 53.0 Å². The van der Waals surface area contributed by atoms with E-state index in [0.717, 1.165) is 24.2 Å². The number of carbonyl (C=O) groups excluding carboxylic acids is 1. The largest absolute Gasteiger partial charge is 0.507 e. The van der Waals surface area contributed by atoms with Gasteiger partial charge in [-0.15, -0.1) is 0 Å². The maximum atomic E-state index is 13.4. The van der Waals surface area contributed by atoms with Gasteiger partial charge in [-0.3, -0.25) is 9.69 Å². The Kier molecular flexibility index (Phi) is 7.71. The highest BCUT2D eigenvalue weighted by Crippen LogP contribution is 2.36. The summed E-state index contributed by atoms with van der Waals surface area (Å²) in [6.07, 6.45) is 0. The molecule has 1 heterocycles. The predicted molar refractivity (Wildman–Crippen MR) is 135 cm³/mol. The molecule has 3 aromatic carbocycles. The van der Waals surface area contributed by atoms with E-state index in [0.29, 0.717) is 25.4 Å². The van der Waals surface area contributed by atoms with E-state index in [-0.39, 0.29) is 29.3 Å². The van der Waals surface area contributed by atoms with Crippen LogP contribution in [0.4, 0.5) is 4.39 Å². The first-order valence-corrected chi connectivity index (χ1v) is 12.0. The molecule has 4 rings (SSSR count). The number of amides is 1. The highest BCUT2D eigenvalue weighted by Gasteiger charge is 2.35. The van der Waals surface area contributed by atoms with Gasteiger partial charge in [0, 0.05) is 57.2 Å². The number of hydrogen-bond acceptors (Lipinski definition) is 4. The highest BCUT2D eigenvalue weighted by molar-refractivity contribution is 5.73. The van der Waals surface area contributed by atoms with Crippen LogP contribution in [0.1, 0.15) is 35.1 Å². The second-order valence-corrected chi connectivity index (χ2v) is 9.49. The van der Waals surface area contributed by atoms with E-state index in [1.807, 2.05) is 17.0 Å². The van der Waals surface area contributed by atoms with Crippen molar-refractivity contribution in [3.8, 4) is 11.5 Å². The van der Waals surface area contributed by atoms with Gasteiger partial charge in [-0.05, 0) is 42.2 Å². The molecule has 0 saturated carbocycles. The average molecular weight is 477 g/mol. The maximum absolute atomic E-state index is 13.4. The van der Waals surface area contributed by atoms with Crippen LogP contribution in [-0.2, 0) is 17.9 Å². The molecule has 1 fully saturated rings. The number of phenolic OH excluding ortho intramolecular Hbond substituents is 1. The molecule has 5 nitrogen and oxygen atoms in total. The number of aryl methyl sites for hydroxylation is 1. The number of nitrogens with zero attached hydrogens (tertiary/aromatic N) is 2. The van der Waals surface area contributed by atoms with Crippen LogP contribution in [0.5, 0.6) is 11.5 Å². The zero-order valence-corrected chi connectivity index (χ0v) is 20.6. The molecule has 35 heavy (non-hydrogen) atoms. The Balaban J connectivity index is 1.54. The number of ether oxygens (including phenoxy) is 1. The second-order valence-electron chi connectivity index (χ2n) is 9.49. The third-order valence-electron chi connectivity index (χ3n) is 6.90. The van der Waals surface area contributed by atoms with E-state index in [1.165, 1.54) is 23.3 Å². The van der Waals surface area contributed by atoms with Gasteiger partial charge >= 0.3 is 0 Å². The summed E-state index contributed by atoms with van der Waals surface area (Å²) in [5.41, 5.74) is 4.23. The molecule has 1 aliphatic heterocycles. The van der Waals surface area contributed by atoms with Crippen LogP contribution in [0, 0.1) is 18.7 Å². The Morgan fingerprint density at radius 3 is 2.43 bits per heavy atom. The Hall–Kier alpha value is -3.38. The number of carbonyl (C=O) groups is 1. The van der Waals surface area contributed by atoms with Gasteiger partial charge < -0.3 is 14.7 Å². The smallest absolute Gasteiger partial charge is 0.219 e. The molecular weight excluding hydrogens is 443 g/mol. The van der Waals surface area contributed by atoms with Gasteiger partial charge in [0.1, 0.15) is 17.3 Å². The molecule has 0 radical (unpaired) electrons. The number of rotatable bonds is 8. The summed E-state index contributed by atoms with van der Waals surface area (Å²) in [4.78, 5) is 16.8. The van der Waals surface area contributed by atoms with Crippen LogP contribution in [0.25, 0.3) is 0 Å². The van der Waals surface area contributed by atoms with E-state index in [9.17, 15) is 14.3 Å². The fraction of sp³-hybridized carbons (Fsp3) is 0.345. The first-order chi connectivity index (χ1) is 16.8. The van der Waals surface area contributed by atoms with Crippen LogP contribution in [0.2, 0.25) is 0 Å². The Morgan fingerprint density at radius 2 is 1.80 bits per heavy atom. The minimum Gasteiger partial charge on any atom is -0.507 e. The lowest BCUT2D eigenvalue weighted by molar-refractivity contribution is -0.130. The summed E-state index contributed by atoms with van der Waals surface area (Å²) in [7, 11) is 1.58. The molecule has 1 saturated heterocycles. The summed E-state index contributed by atoms with van der Waals surface area (Å²) in [6.45, 7) is 6.98. The number of methoxy groups -OCH3 is 1. The zero-order valence-electron chi connectivity index (χ0n) is 20.6. The molecular formula is C29H33FN2O3. The average Bonchev–Trinajstić information content (AvgIpc) is 3.23. The van der Waals surface area contributed by atoms with Gasteiger partial charge in [0.15, 0.2) is 0 Å². The molecule has 0 aromatic heterocycles. The van der Waals surface area contributed by atoms with Gasteiger partial charge in [0.2, 0.25) is 5.91 Å². The normalized spacial score (nSPS) is 17.9. The number of likely N-dealkylation sites (tertiary alicyclic amines) is 1. The van der Waals surface area contributed by atoms with Crippen molar-refractivity contribution in [3.63, 3.8) is 0 Å². The van der Waals surface area contributed by atoms with Crippen molar-refractivity contribution in [1.29, 1.82) is 0 Å². The Bertz CT molecular complexity index is 1150. The Labute approximate surface area is 206 Å². The molecule has 0 aliphatic carbocycles. The molecule has 2 atom stereocenters. The van der Waals surface area contributed by atoms with E-state index in [4.69, 9.17) is 4.74 Å². The number of phenols is 1.